The monoisotopic (exact) mass is 329 g/mol. The van der Waals surface area contributed by atoms with Crippen LogP contribution in [0.1, 0.15) is 10.4 Å². The molecular formula is C13H7BrF3NO. The molecule has 0 aromatic heterocycles. The number of carbonyl (C=O) groups is 1. The first-order valence-corrected chi connectivity index (χ1v) is 5.97. The predicted octanol–water partition coefficient (Wildman–Crippen LogP) is 4.12. The molecule has 1 N–H and O–H groups in total. The molecule has 6 heteroatoms. The number of rotatable bonds is 2. The fraction of sp³-hybridized carbons (Fsp3) is 0. The summed E-state index contributed by atoms with van der Waals surface area (Å²) in [7, 11) is 0. The molecule has 19 heavy (non-hydrogen) atoms. The summed E-state index contributed by atoms with van der Waals surface area (Å²) >= 11 is 3.04. The third-order valence-corrected chi connectivity index (χ3v) is 2.95. The van der Waals surface area contributed by atoms with E-state index in [2.05, 4.69) is 21.2 Å². The molecule has 2 aromatic rings. The molecule has 0 atom stereocenters. The fourth-order valence-corrected chi connectivity index (χ4v) is 2.03. The van der Waals surface area contributed by atoms with Crippen molar-refractivity contribution < 1.29 is 18.0 Å². The van der Waals surface area contributed by atoms with Gasteiger partial charge in [-0.25, -0.2) is 13.2 Å². The average Bonchev–Trinajstić information content (AvgIpc) is 2.26. The number of amides is 1. The van der Waals surface area contributed by atoms with Gasteiger partial charge in [-0.1, -0.05) is 0 Å². The maximum atomic E-state index is 13.0. The second kappa shape index (κ2) is 5.44. The first-order chi connectivity index (χ1) is 8.95. The van der Waals surface area contributed by atoms with Crippen molar-refractivity contribution in [3.63, 3.8) is 0 Å². The maximum absolute atomic E-state index is 13.0. The molecule has 2 rings (SSSR count). The Morgan fingerprint density at radius 3 is 2.16 bits per heavy atom. The molecule has 1 amide bonds. The number of carbonyl (C=O) groups excluding carboxylic acids is 1. The van der Waals surface area contributed by atoms with Crippen LogP contribution in [0.5, 0.6) is 0 Å². The zero-order chi connectivity index (χ0) is 14.0. The first-order valence-electron chi connectivity index (χ1n) is 5.18. The second-order valence-corrected chi connectivity index (χ2v) is 4.59. The predicted molar refractivity (Wildman–Crippen MR) is 68.4 cm³/mol. The second-order valence-electron chi connectivity index (χ2n) is 3.74. The minimum absolute atomic E-state index is 0.0151. The van der Waals surface area contributed by atoms with Crippen molar-refractivity contribution >= 4 is 27.5 Å². The van der Waals surface area contributed by atoms with Gasteiger partial charge in [0.25, 0.3) is 5.91 Å². The van der Waals surface area contributed by atoms with Crippen LogP contribution in [0.3, 0.4) is 0 Å². The number of benzene rings is 2. The van der Waals surface area contributed by atoms with Crippen molar-refractivity contribution in [3.8, 4) is 0 Å². The van der Waals surface area contributed by atoms with Gasteiger partial charge in [0.05, 0.1) is 5.56 Å². The maximum Gasteiger partial charge on any atom is 0.256 e. The molecule has 2 nitrogen and oxygen atoms in total. The number of nitrogens with one attached hydrogen (secondary N) is 1. The van der Waals surface area contributed by atoms with Gasteiger partial charge in [-0.05, 0) is 46.3 Å². The summed E-state index contributed by atoms with van der Waals surface area (Å²) in [6.07, 6.45) is 0. The molecule has 0 aliphatic heterocycles. The molecular weight excluding hydrogens is 323 g/mol. The van der Waals surface area contributed by atoms with Crippen molar-refractivity contribution in [1.82, 2.24) is 0 Å². The molecule has 0 heterocycles. The lowest BCUT2D eigenvalue weighted by Crippen LogP contribution is -2.13. The topological polar surface area (TPSA) is 29.1 Å². The first kappa shape index (κ1) is 13.6. The largest absolute Gasteiger partial charge is 0.322 e. The van der Waals surface area contributed by atoms with Crippen LogP contribution in [0.2, 0.25) is 0 Å². The molecule has 0 saturated heterocycles. The van der Waals surface area contributed by atoms with Crippen LogP contribution in [-0.2, 0) is 0 Å². The summed E-state index contributed by atoms with van der Waals surface area (Å²) < 4.78 is 39.1. The Kier molecular flexibility index (Phi) is 3.90. The van der Waals surface area contributed by atoms with Crippen LogP contribution in [0.4, 0.5) is 18.9 Å². The average molecular weight is 330 g/mol. The number of anilines is 1. The third kappa shape index (κ3) is 3.35. The van der Waals surface area contributed by atoms with Gasteiger partial charge in [0.15, 0.2) is 0 Å². The van der Waals surface area contributed by atoms with E-state index in [1.165, 1.54) is 6.07 Å². The normalized spacial score (nSPS) is 10.3. The van der Waals surface area contributed by atoms with E-state index in [1.807, 2.05) is 0 Å². The lowest BCUT2D eigenvalue weighted by atomic mass is 10.2. The molecule has 0 aliphatic carbocycles. The number of hydrogen-bond acceptors (Lipinski definition) is 1. The van der Waals surface area contributed by atoms with E-state index in [9.17, 15) is 18.0 Å². The Labute approximate surface area is 115 Å². The highest BCUT2D eigenvalue weighted by Crippen LogP contribution is 2.20. The number of hydrogen-bond donors (Lipinski definition) is 1. The SMILES string of the molecule is O=C(Nc1cc(F)cc(F)c1)c1ccc(F)cc1Br. The molecule has 0 spiro atoms. The summed E-state index contributed by atoms with van der Waals surface area (Å²) in [4.78, 5) is 11.9. The van der Waals surface area contributed by atoms with Crippen molar-refractivity contribution in [2.45, 2.75) is 0 Å². The van der Waals surface area contributed by atoms with Crippen molar-refractivity contribution in [2.75, 3.05) is 5.32 Å². The molecule has 0 saturated carbocycles. The zero-order valence-corrected chi connectivity index (χ0v) is 11.0. The lowest BCUT2D eigenvalue weighted by molar-refractivity contribution is 0.102. The summed E-state index contributed by atoms with van der Waals surface area (Å²) in [5.74, 6) is -2.70. The van der Waals surface area contributed by atoms with Gasteiger partial charge in [-0.15, -0.1) is 0 Å². The van der Waals surface area contributed by atoms with Crippen LogP contribution in [0.25, 0.3) is 0 Å². The smallest absolute Gasteiger partial charge is 0.256 e. The van der Waals surface area contributed by atoms with Crippen LogP contribution in [0, 0.1) is 17.5 Å². The van der Waals surface area contributed by atoms with Crippen molar-refractivity contribution in [2.24, 2.45) is 0 Å². The summed E-state index contributed by atoms with van der Waals surface area (Å²) in [5.41, 5.74) is 0.143. The van der Waals surface area contributed by atoms with Crippen LogP contribution < -0.4 is 5.32 Å². The molecule has 0 aliphatic rings. The van der Waals surface area contributed by atoms with Gasteiger partial charge in [-0.3, -0.25) is 4.79 Å². The Morgan fingerprint density at radius 1 is 0.947 bits per heavy atom. The Balaban J connectivity index is 2.25. The highest BCUT2D eigenvalue weighted by molar-refractivity contribution is 9.10. The Morgan fingerprint density at radius 2 is 1.58 bits per heavy atom. The van der Waals surface area contributed by atoms with Gasteiger partial charge in [0, 0.05) is 16.2 Å². The van der Waals surface area contributed by atoms with E-state index in [4.69, 9.17) is 0 Å². The van der Waals surface area contributed by atoms with Crippen LogP contribution in [-0.4, -0.2) is 5.91 Å². The van der Waals surface area contributed by atoms with E-state index in [1.54, 1.807) is 0 Å². The molecule has 0 radical (unpaired) electrons. The standard InChI is InChI=1S/C13H7BrF3NO/c14-12-6-7(15)1-2-11(12)13(19)18-10-4-8(16)3-9(17)5-10/h1-6H,(H,18,19). The van der Waals surface area contributed by atoms with E-state index in [0.29, 0.717) is 6.07 Å². The third-order valence-electron chi connectivity index (χ3n) is 2.30. The van der Waals surface area contributed by atoms with Gasteiger partial charge >= 0.3 is 0 Å². The molecule has 2 aromatic carbocycles. The quantitative estimate of drug-likeness (QED) is 0.882. The van der Waals surface area contributed by atoms with Gasteiger partial charge < -0.3 is 5.32 Å². The van der Waals surface area contributed by atoms with Crippen LogP contribution >= 0.6 is 15.9 Å². The summed E-state index contributed by atoms with van der Waals surface area (Å²) in [5, 5.41) is 2.33. The van der Waals surface area contributed by atoms with Gasteiger partial charge in [-0.2, -0.15) is 0 Å². The van der Waals surface area contributed by atoms with E-state index >= 15 is 0 Å². The minimum atomic E-state index is -0.798. The Hall–Kier alpha value is -1.82. The van der Waals surface area contributed by atoms with Gasteiger partial charge in [0.1, 0.15) is 17.5 Å². The summed E-state index contributed by atoms with van der Waals surface area (Å²) in [6.45, 7) is 0. The summed E-state index contributed by atoms with van der Waals surface area (Å²) in [6, 6.07) is 6.18. The van der Waals surface area contributed by atoms with Crippen molar-refractivity contribution in [3.05, 3.63) is 63.9 Å². The molecule has 0 bridgehead atoms. The lowest BCUT2D eigenvalue weighted by Gasteiger charge is -2.07. The number of halogens is 4. The van der Waals surface area contributed by atoms with Gasteiger partial charge in [0.2, 0.25) is 0 Å². The highest BCUT2D eigenvalue weighted by atomic mass is 79.9. The van der Waals surface area contributed by atoms with Crippen molar-refractivity contribution in [1.29, 1.82) is 0 Å². The zero-order valence-electron chi connectivity index (χ0n) is 9.38. The molecule has 98 valence electrons. The molecule has 0 unspecified atom stereocenters. The Bertz CT molecular complexity index is 626. The van der Waals surface area contributed by atoms with E-state index in [0.717, 1.165) is 24.3 Å². The minimum Gasteiger partial charge on any atom is -0.322 e. The molecule has 0 fully saturated rings. The highest BCUT2D eigenvalue weighted by Gasteiger charge is 2.12. The fourth-order valence-electron chi connectivity index (χ4n) is 1.50. The van der Waals surface area contributed by atoms with E-state index in [-0.39, 0.29) is 15.7 Å². The van der Waals surface area contributed by atoms with E-state index < -0.39 is 23.4 Å². The van der Waals surface area contributed by atoms with Crippen LogP contribution in [0.15, 0.2) is 40.9 Å².